The van der Waals surface area contributed by atoms with Gasteiger partial charge in [-0.15, -0.1) is 10.2 Å². The van der Waals surface area contributed by atoms with Crippen molar-refractivity contribution in [3.63, 3.8) is 0 Å². The molecule has 0 bridgehead atoms. The minimum Gasteiger partial charge on any atom is -0.481 e. The molecular weight excluding hydrogens is 216 g/mol. The van der Waals surface area contributed by atoms with Crippen LogP contribution in [0.3, 0.4) is 0 Å². The first kappa shape index (κ1) is 12.0. The molecule has 0 aliphatic rings. The highest BCUT2D eigenvalue weighted by Crippen LogP contribution is 2.24. The van der Waals surface area contributed by atoms with Gasteiger partial charge in [-0.3, -0.25) is 4.79 Å². The molecule has 5 nitrogen and oxygen atoms in total. The van der Waals surface area contributed by atoms with Crippen LogP contribution in [0, 0.1) is 0 Å². The van der Waals surface area contributed by atoms with Crippen molar-refractivity contribution >= 4 is 17.7 Å². The maximum atomic E-state index is 10.3. The zero-order chi connectivity index (χ0) is 11.5. The van der Waals surface area contributed by atoms with Crippen LogP contribution in [-0.2, 0) is 10.2 Å². The van der Waals surface area contributed by atoms with Gasteiger partial charge in [0.15, 0.2) is 0 Å². The summed E-state index contributed by atoms with van der Waals surface area (Å²) in [6.07, 6.45) is 0.0951. The standard InChI is InChI=1S/C9H14N2O3S/c1-9(2,3)7-10-11-8(14-7)15-5-4-6(12)13/h4-5H2,1-3H3,(H,12,13). The molecule has 1 aromatic heterocycles. The maximum Gasteiger partial charge on any atom is 0.304 e. The van der Waals surface area contributed by atoms with E-state index in [-0.39, 0.29) is 11.8 Å². The van der Waals surface area contributed by atoms with Crippen LogP contribution in [0.2, 0.25) is 0 Å². The summed E-state index contributed by atoms with van der Waals surface area (Å²) in [5.41, 5.74) is -0.168. The first-order valence-corrected chi connectivity index (χ1v) is 5.57. The number of carbonyl (C=O) groups is 1. The Hall–Kier alpha value is -1.04. The quantitative estimate of drug-likeness (QED) is 0.796. The number of nitrogens with zero attached hydrogens (tertiary/aromatic N) is 2. The average Bonchev–Trinajstić information content (AvgIpc) is 2.51. The summed E-state index contributed by atoms with van der Waals surface area (Å²) in [5.74, 6) is 0.194. The van der Waals surface area contributed by atoms with Crippen molar-refractivity contribution in [2.45, 2.75) is 37.8 Å². The van der Waals surface area contributed by atoms with Crippen LogP contribution in [0.1, 0.15) is 33.1 Å². The van der Waals surface area contributed by atoms with Crippen molar-refractivity contribution in [2.24, 2.45) is 0 Å². The zero-order valence-electron chi connectivity index (χ0n) is 8.98. The molecule has 0 spiro atoms. The fourth-order valence-corrected chi connectivity index (χ4v) is 1.48. The van der Waals surface area contributed by atoms with Gasteiger partial charge in [-0.2, -0.15) is 0 Å². The summed E-state index contributed by atoms with van der Waals surface area (Å²) < 4.78 is 5.38. The normalized spacial score (nSPS) is 11.7. The molecule has 15 heavy (non-hydrogen) atoms. The molecule has 0 fully saturated rings. The molecule has 0 aliphatic carbocycles. The van der Waals surface area contributed by atoms with Crippen LogP contribution in [0.4, 0.5) is 0 Å². The fourth-order valence-electron chi connectivity index (χ4n) is 0.797. The number of aromatic nitrogens is 2. The summed E-state index contributed by atoms with van der Waals surface area (Å²) in [5, 5.41) is 16.6. The molecule has 1 N–H and O–H groups in total. The van der Waals surface area contributed by atoms with Crippen LogP contribution in [0.15, 0.2) is 9.64 Å². The van der Waals surface area contributed by atoms with Crippen LogP contribution < -0.4 is 0 Å². The van der Waals surface area contributed by atoms with Gasteiger partial charge in [0.05, 0.1) is 6.42 Å². The van der Waals surface area contributed by atoms with Gasteiger partial charge < -0.3 is 9.52 Å². The van der Waals surface area contributed by atoms with E-state index in [1.165, 1.54) is 11.8 Å². The molecule has 1 rings (SSSR count). The van der Waals surface area contributed by atoms with Crippen molar-refractivity contribution in [1.82, 2.24) is 10.2 Å². The van der Waals surface area contributed by atoms with Crippen LogP contribution in [-0.4, -0.2) is 27.0 Å². The first-order valence-electron chi connectivity index (χ1n) is 4.58. The molecule has 6 heteroatoms. The number of thioether (sulfide) groups is 1. The van der Waals surface area contributed by atoms with E-state index in [1.807, 2.05) is 20.8 Å². The van der Waals surface area contributed by atoms with Gasteiger partial charge in [-0.05, 0) is 0 Å². The molecule has 0 aliphatic heterocycles. The summed E-state index contributed by atoms with van der Waals surface area (Å²) >= 11 is 1.26. The lowest BCUT2D eigenvalue weighted by molar-refractivity contribution is -0.136. The van der Waals surface area contributed by atoms with Crippen LogP contribution in [0.5, 0.6) is 0 Å². The van der Waals surface area contributed by atoms with Crippen molar-refractivity contribution in [2.75, 3.05) is 5.75 Å². The lowest BCUT2D eigenvalue weighted by Gasteiger charge is -2.10. The highest BCUT2D eigenvalue weighted by atomic mass is 32.2. The lowest BCUT2D eigenvalue weighted by atomic mass is 9.97. The lowest BCUT2D eigenvalue weighted by Crippen LogP contribution is -2.11. The molecule has 84 valence electrons. The van der Waals surface area contributed by atoms with E-state index in [1.54, 1.807) is 0 Å². The Bertz CT molecular complexity index is 343. The Labute approximate surface area is 92.3 Å². The number of rotatable bonds is 4. The SMILES string of the molecule is CC(C)(C)c1nnc(SCCC(=O)O)o1. The third-order valence-electron chi connectivity index (χ3n) is 1.59. The van der Waals surface area contributed by atoms with Crippen molar-refractivity contribution < 1.29 is 14.3 Å². The Kier molecular flexibility index (Phi) is 3.73. The van der Waals surface area contributed by atoms with Gasteiger partial charge in [0.1, 0.15) is 0 Å². The molecule has 0 radical (unpaired) electrons. The third-order valence-corrected chi connectivity index (χ3v) is 2.41. The van der Waals surface area contributed by atoms with Gasteiger partial charge in [0.25, 0.3) is 5.22 Å². The minimum absolute atomic E-state index is 0.0951. The zero-order valence-corrected chi connectivity index (χ0v) is 9.80. The first-order chi connectivity index (χ1) is 6.89. The number of carboxylic acid groups (broad SMARTS) is 1. The Morgan fingerprint density at radius 2 is 2.13 bits per heavy atom. The third kappa shape index (κ3) is 3.91. The predicted octanol–water partition coefficient (Wildman–Crippen LogP) is 1.93. The van der Waals surface area contributed by atoms with Crippen molar-refractivity contribution in [3.05, 3.63) is 5.89 Å². The summed E-state index contributed by atoms with van der Waals surface area (Å²) in [6.45, 7) is 5.94. The topological polar surface area (TPSA) is 76.2 Å². The van der Waals surface area contributed by atoms with Crippen molar-refractivity contribution in [3.8, 4) is 0 Å². The molecule has 0 saturated heterocycles. The summed E-state index contributed by atoms with van der Waals surface area (Å²) in [6, 6.07) is 0. The number of carboxylic acids is 1. The Morgan fingerprint density at radius 1 is 1.47 bits per heavy atom. The second-order valence-corrected chi connectivity index (χ2v) is 5.16. The van der Waals surface area contributed by atoms with Crippen LogP contribution >= 0.6 is 11.8 Å². The van der Waals surface area contributed by atoms with E-state index in [0.29, 0.717) is 16.9 Å². The monoisotopic (exact) mass is 230 g/mol. The molecule has 0 unspecified atom stereocenters. The summed E-state index contributed by atoms with van der Waals surface area (Å²) in [7, 11) is 0. The molecule has 0 atom stereocenters. The molecule has 0 amide bonds. The Balaban J connectivity index is 2.50. The van der Waals surface area contributed by atoms with Crippen LogP contribution in [0.25, 0.3) is 0 Å². The van der Waals surface area contributed by atoms with E-state index in [9.17, 15) is 4.79 Å². The second kappa shape index (κ2) is 4.65. The van der Waals surface area contributed by atoms with E-state index < -0.39 is 5.97 Å². The number of hydrogen-bond acceptors (Lipinski definition) is 5. The maximum absolute atomic E-state index is 10.3. The van der Waals surface area contributed by atoms with E-state index in [0.717, 1.165) is 0 Å². The Morgan fingerprint density at radius 3 is 2.60 bits per heavy atom. The molecule has 0 saturated carbocycles. The minimum atomic E-state index is -0.821. The smallest absolute Gasteiger partial charge is 0.304 e. The molecule has 1 heterocycles. The second-order valence-electron chi connectivity index (χ2n) is 4.12. The molecule has 1 aromatic rings. The van der Waals surface area contributed by atoms with E-state index in [2.05, 4.69) is 10.2 Å². The fraction of sp³-hybridized carbons (Fsp3) is 0.667. The largest absolute Gasteiger partial charge is 0.481 e. The van der Waals surface area contributed by atoms with Gasteiger partial charge in [-0.1, -0.05) is 32.5 Å². The molecule has 0 aromatic carbocycles. The highest BCUT2D eigenvalue weighted by molar-refractivity contribution is 7.99. The van der Waals surface area contributed by atoms with Gasteiger partial charge in [0, 0.05) is 11.2 Å². The predicted molar refractivity (Wildman–Crippen MR) is 56.0 cm³/mol. The highest BCUT2D eigenvalue weighted by Gasteiger charge is 2.21. The van der Waals surface area contributed by atoms with Crippen molar-refractivity contribution in [1.29, 1.82) is 0 Å². The average molecular weight is 230 g/mol. The van der Waals surface area contributed by atoms with Gasteiger partial charge in [-0.25, -0.2) is 0 Å². The number of hydrogen-bond donors (Lipinski definition) is 1. The van der Waals surface area contributed by atoms with E-state index >= 15 is 0 Å². The van der Waals surface area contributed by atoms with E-state index in [4.69, 9.17) is 9.52 Å². The van der Waals surface area contributed by atoms with Gasteiger partial charge in [0.2, 0.25) is 5.89 Å². The van der Waals surface area contributed by atoms with Gasteiger partial charge >= 0.3 is 5.97 Å². The number of aliphatic carboxylic acids is 1. The summed E-state index contributed by atoms with van der Waals surface area (Å²) in [4.78, 5) is 10.3. The molecular formula is C9H14N2O3S.